The molecule has 0 bridgehead atoms. The summed E-state index contributed by atoms with van der Waals surface area (Å²) in [5, 5.41) is 0. The second-order valence-corrected chi connectivity index (χ2v) is 3.39. The molecule has 0 amide bonds. The van der Waals surface area contributed by atoms with Crippen LogP contribution in [0.15, 0.2) is 0 Å². The summed E-state index contributed by atoms with van der Waals surface area (Å²) in [6.07, 6.45) is 3.07. The van der Waals surface area contributed by atoms with E-state index in [0.717, 1.165) is 19.3 Å². The molecule has 0 saturated heterocycles. The van der Waals surface area contributed by atoms with Gasteiger partial charge in [-0.25, -0.2) is 9.18 Å². The highest BCUT2D eigenvalue weighted by Crippen LogP contribution is 2.16. The van der Waals surface area contributed by atoms with Gasteiger partial charge >= 0.3 is 5.97 Å². The molecule has 3 heteroatoms. The molecule has 1 atom stereocenters. The molecule has 0 aliphatic carbocycles. The van der Waals surface area contributed by atoms with Crippen molar-refractivity contribution in [1.29, 1.82) is 0 Å². The van der Waals surface area contributed by atoms with Crippen LogP contribution in [0.3, 0.4) is 0 Å². The normalized spacial score (nSPS) is 15.1. The van der Waals surface area contributed by atoms with Crippen LogP contribution < -0.4 is 0 Å². The molecule has 78 valence electrons. The Hall–Kier alpha value is -0.600. The number of carbonyl (C=O) groups excluding carboxylic acids is 1. The van der Waals surface area contributed by atoms with E-state index in [1.807, 2.05) is 0 Å². The average molecular weight is 190 g/mol. The van der Waals surface area contributed by atoms with E-state index < -0.39 is 11.6 Å². The maximum absolute atomic E-state index is 13.2. The second-order valence-electron chi connectivity index (χ2n) is 3.39. The van der Waals surface area contributed by atoms with Crippen molar-refractivity contribution < 1.29 is 13.9 Å². The van der Waals surface area contributed by atoms with Crippen LogP contribution in [0.5, 0.6) is 0 Å². The Morgan fingerprint density at radius 1 is 1.38 bits per heavy atom. The lowest BCUT2D eigenvalue weighted by Gasteiger charge is -2.16. The molecule has 0 aromatic heterocycles. The fourth-order valence-electron chi connectivity index (χ4n) is 0.812. The number of esters is 1. The zero-order chi connectivity index (χ0) is 10.3. The van der Waals surface area contributed by atoms with Crippen molar-refractivity contribution in [3.05, 3.63) is 0 Å². The Morgan fingerprint density at radius 2 is 2.00 bits per heavy atom. The predicted octanol–water partition coefficient (Wildman–Crippen LogP) is 2.86. The van der Waals surface area contributed by atoms with Gasteiger partial charge in [0.2, 0.25) is 5.67 Å². The lowest BCUT2D eigenvalue weighted by Crippen LogP contribution is -2.31. The molecule has 0 aliphatic heterocycles. The van der Waals surface area contributed by atoms with Gasteiger partial charge in [-0.1, -0.05) is 26.7 Å². The summed E-state index contributed by atoms with van der Waals surface area (Å²) in [7, 11) is 0. The summed E-state index contributed by atoms with van der Waals surface area (Å²) in [6.45, 7) is 5.29. The molecule has 2 nitrogen and oxygen atoms in total. The first-order valence-electron chi connectivity index (χ1n) is 4.90. The number of rotatable bonds is 6. The number of alkyl halides is 1. The van der Waals surface area contributed by atoms with E-state index in [0.29, 0.717) is 6.61 Å². The van der Waals surface area contributed by atoms with Gasteiger partial charge in [-0.3, -0.25) is 0 Å². The van der Waals surface area contributed by atoms with Gasteiger partial charge < -0.3 is 4.74 Å². The van der Waals surface area contributed by atoms with Crippen molar-refractivity contribution in [1.82, 2.24) is 0 Å². The molecule has 0 rings (SSSR count). The average Bonchev–Trinajstić information content (AvgIpc) is 2.12. The van der Waals surface area contributed by atoms with Crippen molar-refractivity contribution >= 4 is 5.97 Å². The lowest BCUT2D eigenvalue weighted by molar-refractivity contribution is -0.157. The molecule has 1 unspecified atom stereocenters. The Kier molecular flexibility index (Phi) is 5.67. The van der Waals surface area contributed by atoms with Gasteiger partial charge in [0.15, 0.2) is 0 Å². The highest BCUT2D eigenvalue weighted by Gasteiger charge is 2.32. The maximum atomic E-state index is 13.2. The molecule has 0 radical (unpaired) electrons. The summed E-state index contributed by atoms with van der Waals surface area (Å²) in [6, 6.07) is 0. The minimum absolute atomic E-state index is 0.166. The zero-order valence-corrected chi connectivity index (χ0v) is 8.73. The van der Waals surface area contributed by atoms with E-state index >= 15 is 0 Å². The Labute approximate surface area is 79.5 Å². The first-order valence-corrected chi connectivity index (χ1v) is 4.90. The van der Waals surface area contributed by atoms with E-state index in [1.165, 1.54) is 6.92 Å². The molecule has 13 heavy (non-hydrogen) atoms. The molecule has 0 N–H and O–H groups in total. The molecular weight excluding hydrogens is 171 g/mol. The first kappa shape index (κ1) is 12.4. The van der Waals surface area contributed by atoms with Crippen molar-refractivity contribution in [3.8, 4) is 0 Å². The Morgan fingerprint density at radius 3 is 2.46 bits per heavy atom. The first-order chi connectivity index (χ1) is 6.04. The van der Waals surface area contributed by atoms with E-state index in [9.17, 15) is 9.18 Å². The highest BCUT2D eigenvalue weighted by molar-refractivity contribution is 5.78. The van der Waals surface area contributed by atoms with Gasteiger partial charge in [0.1, 0.15) is 0 Å². The van der Waals surface area contributed by atoms with Crippen LogP contribution in [0.25, 0.3) is 0 Å². The third-order valence-corrected chi connectivity index (χ3v) is 2.07. The van der Waals surface area contributed by atoms with Gasteiger partial charge in [0.05, 0.1) is 6.61 Å². The summed E-state index contributed by atoms with van der Waals surface area (Å²) in [5.41, 5.74) is -1.81. The number of hydrogen-bond donors (Lipinski definition) is 0. The monoisotopic (exact) mass is 190 g/mol. The number of hydrogen-bond acceptors (Lipinski definition) is 2. The maximum Gasteiger partial charge on any atom is 0.343 e. The number of carbonyl (C=O) groups is 1. The van der Waals surface area contributed by atoms with E-state index in [4.69, 9.17) is 4.74 Å². The van der Waals surface area contributed by atoms with Crippen LogP contribution in [0.4, 0.5) is 4.39 Å². The van der Waals surface area contributed by atoms with E-state index in [2.05, 4.69) is 6.92 Å². The fraction of sp³-hybridized carbons (Fsp3) is 0.900. The summed E-state index contributed by atoms with van der Waals surface area (Å²) in [4.78, 5) is 11.1. The molecule has 0 heterocycles. The quantitative estimate of drug-likeness (QED) is 0.475. The van der Waals surface area contributed by atoms with Gasteiger partial charge in [-0.2, -0.15) is 0 Å². The van der Waals surface area contributed by atoms with Crippen LogP contribution in [0.1, 0.15) is 46.5 Å². The zero-order valence-electron chi connectivity index (χ0n) is 8.73. The Balaban J connectivity index is 3.62. The third kappa shape index (κ3) is 4.86. The van der Waals surface area contributed by atoms with Crippen LogP contribution >= 0.6 is 0 Å². The van der Waals surface area contributed by atoms with Gasteiger partial charge in [0.25, 0.3) is 0 Å². The van der Waals surface area contributed by atoms with Gasteiger partial charge in [-0.05, 0) is 19.8 Å². The molecular formula is C10H19FO2. The molecule has 0 spiro atoms. The van der Waals surface area contributed by atoms with E-state index in [-0.39, 0.29) is 6.42 Å². The number of unbranched alkanes of at least 4 members (excludes halogenated alkanes) is 2. The van der Waals surface area contributed by atoms with Gasteiger partial charge in [-0.15, -0.1) is 0 Å². The van der Waals surface area contributed by atoms with Crippen LogP contribution in [0.2, 0.25) is 0 Å². The summed E-state index contributed by atoms with van der Waals surface area (Å²) in [5.74, 6) is -0.730. The van der Waals surface area contributed by atoms with E-state index in [1.54, 1.807) is 6.92 Å². The van der Waals surface area contributed by atoms with Gasteiger partial charge in [0, 0.05) is 0 Å². The fourth-order valence-corrected chi connectivity index (χ4v) is 0.812. The SMILES string of the molecule is CCCCCOC(=O)C(C)(F)CC. The van der Waals surface area contributed by atoms with Crippen molar-refractivity contribution in [2.45, 2.75) is 52.1 Å². The van der Waals surface area contributed by atoms with Crippen molar-refractivity contribution in [2.24, 2.45) is 0 Å². The topological polar surface area (TPSA) is 26.3 Å². The largest absolute Gasteiger partial charge is 0.463 e. The smallest absolute Gasteiger partial charge is 0.343 e. The van der Waals surface area contributed by atoms with Crippen molar-refractivity contribution in [3.63, 3.8) is 0 Å². The third-order valence-electron chi connectivity index (χ3n) is 2.07. The number of ether oxygens (including phenoxy) is 1. The molecule has 0 fully saturated rings. The summed E-state index contributed by atoms with van der Waals surface area (Å²) < 4.78 is 18.0. The van der Waals surface area contributed by atoms with Crippen LogP contribution in [0, 0.1) is 0 Å². The lowest BCUT2D eigenvalue weighted by atomic mass is 10.1. The standard InChI is InChI=1S/C10H19FO2/c1-4-6-7-8-13-9(12)10(3,11)5-2/h4-8H2,1-3H3. The highest BCUT2D eigenvalue weighted by atomic mass is 19.1. The minimum Gasteiger partial charge on any atom is -0.463 e. The van der Waals surface area contributed by atoms with Crippen LogP contribution in [-0.4, -0.2) is 18.2 Å². The predicted molar refractivity (Wildman–Crippen MR) is 50.3 cm³/mol. The molecule has 0 aromatic rings. The summed E-state index contributed by atoms with van der Waals surface area (Å²) >= 11 is 0. The second kappa shape index (κ2) is 5.95. The Bertz CT molecular complexity index is 155. The minimum atomic E-state index is -1.81. The van der Waals surface area contributed by atoms with Crippen LogP contribution in [-0.2, 0) is 9.53 Å². The number of halogens is 1. The molecule has 0 aliphatic rings. The van der Waals surface area contributed by atoms with Crippen molar-refractivity contribution in [2.75, 3.05) is 6.61 Å². The molecule has 0 saturated carbocycles. The molecule has 0 aromatic carbocycles.